The van der Waals surface area contributed by atoms with Crippen molar-refractivity contribution in [3.63, 3.8) is 0 Å². The Bertz CT molecular complexity index is 967. The fraction of sp³-hybridized carbons (Fsp3) is 0.133. The average molecular weight is 377 g/mol. The maximum Gasteiger partial charge on any atom is 0.362 e. The second-order valence-corrected chi connectivity index (χ2v) is 5.60. The molecule has 11 heteroatoms. The van der Waals surface area contributed by atoms with Gasteiger partial charge in [-0.1, -0.05) is 28.8 Å². The van der Waals surface area contributed by atoms with Crippen molar-refractivity contribution in [3.05, 3.63) is 63.1 Å². The molecule has 3 aromatic rings. The van der Waals surface area contributed by atoms with Gasteiger partial charge in [0, 0.05) is 6.20 Å². The van der Waals surface area contributed by atoms with Gasteiger partial charge in [-0.25, -0.2) is 0 Å². The minimum absolute atomic E-state index is 0.265. The number of nitro groups is 1. The molecule has 26 heavy (non-hydrogen) atoms. The van der Waals surface area contributed by atoms with Gasteiger partial charge in [0.05, 0.1) is 25.5 Å². The van der Waals surface area contributed by atoms with Gasteiger partial charge in [-0.3, -0.25) is 9.48 Å². The summed E-state index contributed by atoms with van der Waals surface area (Å²) in [5.41, 5.74) is 1.11. The van der Waals surface area contributed by atoms with E-state index in [0.717, 1.165) is 11.3 Å². The fourth-order valence-electron chi connectivity index (χ4n) is 2.25. The van der Waals surface area contributed by atoms with Crippen LogP contribution in [-0.4, -0.2) is 37.9 Å². The van der Waals surface area contributed by atoms with Crippen LogP contribution in [0, 0.1) is 10.1 Å². The first kappa shape index (κ1) is 17.4. The maximum atomic E-state index is 12.2. The van der Waals surface area contributed by atoms with Gasteiger partial charge in [-0.2, -0.15) is 5.10 Å². The fourth-order valence-corrected chi connectivity index (χ4v) is 2.49. The van der Waals surface area contributed by atoms with Crippen molar-refractivity contribution in [2.24, 2.45) is 0 Å². The third-order valence-electron chi connectivity index (χ3n) is 3.46. The number of benzene rings is 1. The Morgan fingerprint density at radius 2 is 2.31 bits per heavy atom. The van der Waals surface area contributed by atoms with E-state index in [1.165, 1.54) is 6.20 Å². The Kier molecular flexibility index (Phi) is 4.85. The molecule has 0 aliphatic carbocycles. The second kappa shape index (κ2) is 7.23. The predicted octanol–water partition coefficient (Wildman–Crippen LogP) is 2.48. The van der Waals surface area contributed by atoms with E-state index in [-0.39, 0.29) is 10.7 Å². The maximum absolute atomic E-state index is 12.2. The highest BCUT2D eigenvalue weighted by atomic mass is 35.5. The molecule has 0 bridgehead atoms. The number of amides is 1. The molecule has 2 aromatic heterocycles. The summed E-state index contributed by atoms with van der Waals surface area (Å²) in [7, 11) is 1.59. The van der Waals surface area contributed by atoms with E-state index in [1.54, 1.807) is 18.0 Å². The standard InChI is InChI=1S/C15H13ClN6O4/c1-26-11-4-2-3-9(5-11)7-21-8-10(6-17-21)18-15(23)13-12(16)14(20-19-13)22(24)25/h2-6,8H,7H2,1H3,(H,18,23)(H,19,20). The predicted molar refractivity (Wildman–Crippen MR) is 92.5 cm³/mol. The number of halogens is 1. The molecule has 0 saturated heterocycles. The van der Waals surface area contributed by atoms with Crippen LogP contribution >= 0.6 is 11.6 Å². The minimum atomic E-state index is -0.752. The molecule has 0 saturated carbocycles. The van der Waals surface area contributed by atoms with Crippen molar-refractivity contribution in [1.29, 1.82) is 0 Å². The first-order valence-electron chi connectivity index (χ1n) is 7.33. The summed E-state index contributed by atoms with van der Waals surface area (Å²) in [6.45, 7) is 0.474. The lowest BCUT2D eigenvalue weighted by Gasteiger charge is -2.04. The zero-order valence-electron chi connectivity index (χ0n) is 13.5. The van der Waals surface area contributed by atoms with Gasteiger partial charge in [-0.15, -0.1) is 5.10 Å². The van der Waals surface area contributed by atoms with Gasteiger partial charge in [0.2, 0.25) is 0 Å². The summed E-state index contributed by atoms with van der Waals surface area (Å²) < 4.78 is 6.80. The number of ether oxygens (including phenoxy) is 1. The Labute approximate surface area is 151 Å². The highest BCUT2D eigenvalue weighted by Gasteiger charge is 2.25. The Morgan fingerprint density at radius 3 is 3.00 bits per heavy atom. The van der Waals surface area contributed by atoms with Crippen molar-refractivity contribution in [2.75, 3.05) is 12.4 Å². The van der Waals surface area contributed by atoms with E-state index in [4.69, 9.17) is 16.3 Å². The summed E-state index contributed by atoms with van der Waals surface area (Å²) in [6.07, 6.45) is 3.07. The molecule has 1 aromatic carbocycles. The molecule has 1 amide bonds. The van der Waals surface area contributed by atoms with E-state index in [2.05, 4.69) is 20.6 Å². The van der Waals surface area contributed by atoms with Crippen molar-refractivity contribution in [2.45, 2.75) is 6.54 Å². The number of carbonyl (C=O) groups is 1. The van der Waals surface area contributed by atoms with E-state index < -0.39 is 16.6 Å². The number of aromatic amines is 1. The Morgan fingerprint density at radius 1 is 1.50 bits per heavy atom. The van der Waals surface area contributed by atoms with Crippen LogP contribution in [0.3, 0.4) is 0 Å². The van der Waals surface area contributed by atoms with Crippen LogP contribution in [0.1, 0.15) is 16.1 Å². The third-order valence-corrected chi connectivity index (χ3v) is 3.81. The first-order valence-corrected chi connectivity index (χ1v) is 7.70. The number of anilines is 1. The Hall–Kier alpha value is -3.40. The quantitative estimate of drug-likeness (QED) is 0.502. The van der Waals surface area contributed by atoms with Crippen LogP contribution in [0.2, 0.25) is 5.02 Å². The smallest absolute Gasteiger partial charge is 0.362 e. The number of nitrogens with one attached hydrogen (secondary N) is 2. The molecular formula is C15H13ClN6O4. The van der Waals surface area contributed by atoms with Gasteiger partial charge >= 0.3 is 5.82 Å². The highest BCUT2D eigenvalue weighted by Crippen LogP contribution is 2.25. The number of nitrogens with zero attached hydrogens (tertiary/aromatic N) is 4. The molecule has 0 aliphatic rings. The van der Waals surface area contributed by atoms with Gasteiger partial charge in [-0.05, 0) is 22.6 Å². The number of hydrogen-bond donors (Lipinski definition) is 2. The van der Waals surface area contributed by atoms with Crippen LogP contribution in [0.4, 0.5) is 11.5 Å². The molecule has 134 valence electrons. The lowest BCUT2D eigenvalue weighted by molar-refractivity contribution is -0.389. The van der Waals surface area contributed by atoms with Crippen LogP contribution in [-0.2, 0) is 6.54 Å². The van der Waals surface area contributed by atoms with Gasteiger partial charge in [0.15, 0.2) is 10.7 Å². The number of carbonyl (C=O) groups excluding carboxylic acids is 1. The molecule has 0 radical (unpaired) electrons. The normalized spacial score (nSPS) is 10.5. The summed E-state index contributed by atoms with van der Waals surface area (Å²) in [4.78, 5) is 22.2. The summed E-state index contributed by atoms with van der Waals surface area (Å²) >= 11 is 5.79. The van der Waals surface area contributed by atoms with E-state index in [9.17, 15) is 14.9 Å². The highest BCUT2D eigenvalue weighted by molar-refractivity contribution is 6.35. The first-order chi connectivity index (χ1) is 12.5. The molecular weight excluding hydrogens is 364 g/mol. The number of H-pyrrole nitrogens is 1. The molecule has 2 heterocycles. The van der Waals surface area contributed by atoms with Crippen LogP contribution < -0.4 is 10.1 Å². The zero-order chi connectivity index (χ0) is 18.7. The summed E-state index contributed by atoms with van der Waals surface area (Å²) in [5, 5.41) is 22.8. The Balaban J connectivity index is 1.70. The summed E-state index contributed by atoms with van der Waals surface area (Å²) in [6, 6.07) is 7.51. The third kappa shape index (κ3) is 3.64. The summed E-state index contributed by atoms with van der Waals surface area (Å²) in [5.74, 6) is -0.483. The van der Waals surface area contributed by atoms with E-state index in [0.29, 0.717) is 12.2 Å². The molecule has 10 nitrogen and oxygen atoms in total. The van der Waals surface area contributed by atoms with E-state index in [1.807, 2.05) is 24.3 Å². The molecule has 3 rings (SSSR count). The van der Waals surface area contributed by atoms with E-state index >= 15 is 0 Å². The van der Waals surface area contributed by atoms with Gasteiger partial charge in [0.1, 0.15) is 5.75 Å². The van der Waals surface area contributed by atoms with Gasteiger partial charge < -0.3 is 20.2 Å². The minimum Gasteiger partial charge on any atom is -0.497 e. The number of hydrogen-bond acceptors (Lipinski definition) is 6. The van der Waals surface area contributed by atoms with Gasteiger partial charge in [0.25, 0.3) is 5.91 Å². The number of methoxy groups -OCH3 is 1. The molecule has 0 aliphatic heterocycles. The number of aromatic nitrogens is 4. The second-order valence-electron chi connectivity index (χ2n) is 5.22. The van der Waals surface area contributed by atoms with Crippen molar-refractivity contribution in [3.8, 4) is 5.75 Å². The average Bonchev–Trinajstić information content (AvgIpc) is 3.21. The molecule has 2 N–H and O–H groups in total. The molecule has 0 fully saturated rings. The number of rotatable bonds is 6. The zero-order valence-corrected chi connectivity index (χ0v) is 14.2. The SMILES string of the molecule is COc1cccc(Cn2cc(NC(=O)c3n[nH]c([N+](=O)[O-])c3Cl)cn2)c1. The molecule has 0 spiro atoms. The molecule has 0 atom stereocenters. The van der Waals surface area contributed by atoms with Crippen LogP contribution in [0.25, 0.3) is 0 Å². The van der Waals surface area contributed by atoms with Crippen molar-refractivity contribution >= 4 is 29.0 Å². The largest absolute Gasteiger partial charge is 0.497 e. The van der Waals surface area contributed by atoms with Crippen LogP contribution in [0.15, 0.2) is 36.7 Å². The van der Waals surface area contributed by atoms with Crippen molar-refractivity contribution in [1.82, 2.24) is 20.0 Å². The van der Waals surface area contributed by atoms with Crippen LogP contribution in [0.5, 0.6) is 5.75 Å². The lowest BCUT2D eigenvalue weighted by atomic mass is 10.2. The topological polar surface area (TPSA) is 128 Å². The van der Waals surface area contributed by atoms with Crippen molar-refractivity contribution < 1.29 is 14.5 Å². The lowest BCUT2D eigenvalue weighted by Crippen LogP contribution is -2.12. The monoisotopic (exact) mass is 376 g/mol. The molecule has 0 unspecified atom stereocenters.